The van der Waals surface area contributed by atoms with Crippen LogP contribution in [0.2, 0.25) is 0 Å². The fourth-order valence-electron chi connectivity index (χ4n) is 2.64. The van der Waals surface area contributed by atoms with Crippen LogP contribution >= 0.6 is 0 Å². The zero-order chi connectivity index (χ0) is 19.3. The highest BCUT2D eigenvalue weighted by Crippen LogP contribution is 2.29. The number of hydrogen-bond acceptors (Lipinski definition) is 3. The van der Waals surface area contributed by atoms with Crippen LogP contribution in [0.4, 0.5) is 13.2 Å². The lowest BCUT2D eigenvalue weighted by atomic mass is 10.1. The van der Waals surface area contributed by atoms with Gasteiger partial charge in [0.05, 0.1) is 12.0 Å². The first-order chi connectivity index (χ1) is 12.9. The lowest BCUT2D eigenvalue weighted by Crippen LogP contribution is -2.28. The number of carbonyl (C=O) groups excluding carboxylic acids is 1. The Kier molecular flexibility index (Phi) is 5.54. The third kappa shape index (κ3) is 4.93. The van der Waals surface area contributed by atoms with Crippen LogP contribution in [0.1, 0.15) is 11.1 Å². The molecule has 27 heavy (non-hydrogen) atoms. The number of pyridine rings is 1. The molecule has 5 nitrogen and oxygen atoms in total. The number of aromatic nitrogens is 3. The molecule has 140 valence electrons. The standard InChI is InChI=1S/C19H17F3N4O/c20-19(21,22)15-5-3-4-14(12-15)13-17(27)24-8-10-26-11-9-25-18(26)16-6-1-2-7-23-16/h1-7,9,11-12H,8,10,13H2,(H,24,27). The van der Waals surface area contributed by atoms with Crippen molar-refractivity contribution in [2.45, 2.75) is 19.1 Å². The van der Waals surface area contributed by atoms with Gasteiger partial charge in [-0.05, 0) is 23.8 Å². The maximum Gasteiger partial charge on any atom is 0.416 e. The number of imidazole rings is 1. The van der Waals surface area contributed by atoms with Gasteiger partial charge in [-0.25, -0.2) is 4.98 Å². The summed E-state index contributed by atoms with van der Waals surface area (Å²) in [5.74, 6) is 0.344. The predicted molar refractivity (Wildman–Crippen MR) is 93.6 cm³/mol. The molecule has 3 aromatic rings. The predicted octanol–water partition coefficient (Wildman–Crippen LogP) is 3.32. The number of halogens is 3. The molecule has 0 saturated heterocycles. The minimum absolute atomic E-state index is 0.110. The lowest BCUT2D eigenvalue weighted by Gasteiger charge is -2.10. The number of amides is 1. The Hall–Kier alpha value is -3.16. The summed E-state index contributed by atoms with van der Waals surface area (Å²) in [6, 6.07) is 10.3. The van der Waals surface area contributed by atoms with Crippen LogP contribution in [0, 0.1) is 0 Å². The van der Waals surface area contributed by atoms with E-state index in [1.807, 2.05) is 22.8 Å². The van der Waals surface area contributed by atoms with Crippen LogP contribution in [0.3, 0.4) is 0 Å². The first-order valence-corrected chi connectivity index (χ1v) is 8.29. The van der Waals surface area contributed by atoms with Crippen molar-refractivity contribution < 1.29 is 18.0 Å². The van der Waals surface area contributed by atoms with E-state index >= 15 is 0 Å². The van der Waals surface area contributed by atoms with E-state index < -0.39 is 11.7 Å². The molecule has 0 bridgehead atoms. The molecular weight excluding hydrogens is 357 g/mol. The van der Waals surface area contributed by atoms with E-state index in [2.05, 4.69) is 15.3 Å². The Morgan fingerprint density at radius 2 is 1.93 bits per heavy atom. The summed E-state index contributed by atoms with van der Waals surface area (Å²) in [6.45, 7) is 0.800. The van der Waals surface area contributed by atoms with Gasteiger partial charge in [-0.2, -0.15) is 13.2 Å². The molecule has 0 fully saturated rings. The molecule has 0 unspecified atom stereocenters. The molecule has 1 amide bonds. The van der Waals surface area contributed by atoms with E-state index in [-0.39, 0.29) is 12.3 Å². The van der Waals surface area contributed by atoms with E-state index in [1.165, 1.54) is 12.1 Å². The molecule has 1 aromatic carbocycles. The Morgan fingerprint density at radius 1 is 1.07 bits per heavy atom. The van der Waals surface area contributed by atoms with Gasteiger partial charge < -0.3 is 9.88 Å². The second-order valence-electron chi connectivity index (χ2n) is 5.88. The monoisotopic (exact) mass is 374 g/mol. The van der Waals surface area contributed by atoms with Gasteiger partial charge in [0.25, 0.3) is 0 Å². The molecule has 2 heterocycles. The fraction of sp³-hybridized carbons (Fsp3) is 0.211. The van der Waals surface area contributed by atoms with Gasteiger partial charge in [0.15, 0.2) is 5.82 Å². The maximum absolute atomic E-state index is 12.7. The summed E-state index contributed by atoms with van der Waals surface area (Å²) in [6.07, 6.45) is 0.569. The zero-order valence-electron chi connectivity index (χ0n) is 14.3. The van der Waals surface area contributed by atoms with E-state index in [4.69, 9.17) is 0 Å². The van der Waals surface area contributed by atoms with Gasteiger partial charge in [0.2, 0.25) is 5.91 Å². The molecule has 0 aliphatic rings. The third-order valence-corrected chi connectivity index (χ3v) is 3.90. The second kappa shape index (κ2) is 8.03. The van der Waals surface area contributed by atoms with Crippen molar-refractivity contribution >= 4 is 5.91 Å². The maximum atomic E-state index is 12.7. The molecule has 2 aromatic heterocycles. The largest absolute Gasteiger partial charge is 0.416 e. The highest BCUT2D eigenvalue weighted by molar-refractivity contribution is 5.78. The summed E-state index contributed by atoms with van der Waals surface area (Å²) in [7, 11) is 0. The van der Waals surface area contributed by atoms with Crippen molar-refractivity contribution in [1.29, 1.82) is 0 Å². The van der Waals surface area contributed by atoms with E-state index in [0.717, 1.165) is 17.8 Å². The van der Waals surface area contributed by atoms with Crippen LogP contribution < -0.4 is 5.32 Å². The van der Waals surface area contributed by atoms with Crippen molar-refractivity contribution in [2.75, 3.05) is 6.54 Å². The van der Waals surface area contributed by atoms with Crippen molar-refractivity contribution in [3.05, 3.63) is 72.2 Å². The molecule has 0 aliphatic carbocycles. The third-order valence-electron chi connectivity index (χ3n) is 3.90. The summed E-state index contributed by atoms with van der Waals surface area (Å²) >= 11 is 0. The smallest absolute Gasteiger partial charge is 0.354 e. The molecule has 0 radical (unpaired) electrons. The minimum Gasteiger partial charge on any atom is -0.354 e. The van der Waals surface area contributed by atoms with E-state index in [9.17, 15) is 18.0 Å². The molecule has 0 spiro atoms. The molecule has 0 atom stereocenters. The Morgan fingerprint density at radius 3 is 2.67 bits per heavy atom. The number of benzene rings is 1. The normalized spacial score (nSPS) is 11.4. The summed E-state index contributed by atoms with van der Waals surface area (Å²) in [4.78, 5) is 20.5. The minimum atomic E-state index is -4.42. The lowest BCUT2D eigenvalue weighted by molar-refractivity contribution is -0.137. The second-order valence-corrected chi connectivity index (χ2v) is 5.88. The first-order valence-electron chi connectivity index (χ1n) is 8.29. The first kappa shape index (κ1) is 18.6. The van der Waals surface area contributed by atoms with Crippen LogP contribution in [0.15, 0.2) is 61.1 Å². The van der Waals surface area contributed by atoms with Gasteiger partial charge in [-0.3, -0.25) is 9.78 Å². The number of alkyl halides is 3. The highest BCUT2D eigenvalue weighted by atomic mass is 19.4. The number of nitrogens with one attached hydrogen (secondary N) is 1. The SMILES string of the molecule is O=C(Cc1cccc(C(F)(F)F)c1)NCCn1ccnc1-c1ccccn1. The van der Waals surface area contributed by atoms with Gasteiger partial charge >= 0.3 is 6.18 Å². The number of nitrogens with zero attached hydrogens (tertiary/aromatic N) is 3. The quantitative estimate of drug-likeness (QED) is 0.720. The van der Waals surface area contributed by atoms with Crippen LogP contribution in [0.5, 0.6) is 0 Å². The van der Waals surface area contributed by atoms with Gasteiger partial charge in [0, 0.05) is 31.7 Å². The van der Waals surface area contributed by atoms with E-state index in [1.54, 1.807) is 18.6 Å². The summed E-state index contributed by atoms with van der Waals surface area (Å²) in [5.41, 5.74) is 0.281. The van der Waals surface area contributed by atoms with Gasteiger partial charge in [-0.15, -0.1) is 0 Å². The zero-order valence-corrected chi connectivity index (χ0v) is 14.3. The van der Waals surface area contributed by atoms with Crippen molar-refractivity contribution in [3.63, 3.8) is 0 Å². The van der Waals surface area contributed by atoms with Crippen LogP contribution in [0.25, 0.3) is 11.5 Å². The molecular formula is C19H17F3N4O. The molecule has 0 saturated carbocycles. The number of hydrogen-bond donors (Lipinski definition) is 1. The topological polar surface area (TPSA) is 59.8 Å². The van der Waals surface area contributed by atoms with Crippen molar-refractivity contribution in [2.24, 2.45) is 0 Å². The molecule has 3 rings (SSSR count). The number of rotatable bonds is 6. The average Bonchev–Trinajstić information content (AvgIpc) is 3.10. The summed E-state index contributed by atoms with van der Waals surface area (Å²) < 4.78 is 40.0. The van der Waals surface area contributed by atoms with E-state index in [0.29, 0.717) is 24.5 Å². The van der Waals surface area contributed by atoms with Gasteiger partial charge in [-0.1, -0.05) is 24.3 Å². The Bertz CT molecular complexity index is 907. The summed E-state index contributed by atoms with van der Waals surface area (Å²) in [5, 5.41) is 2.72. The van der Waals surface area contributed by atoms with Crippen molar-refractivity contribution in [3.8, 4) is 11.5 Å². The average molecular weight is 374 g/mol. The van der Waals surface area contributed by atoms with Gasteiger partial charge in [0.1, 0.15) is 5.69 Å². The molecule has 1 N–H and O–H groups in total. The molecule has 0 aliphatic heterocycles. The molecule has 8 heteroatoms. The number of carbonyl (C=O) groups is 1. The highest BCUT2D eigenvalue weighted by Gasteiger charge is 2.30. The van der Waals surface area contributed by atoms with Crippen LogP contribution in [-0.4, -0.2) is 27.0 Å². The Balaban J connectivity index is 1.55. The van der Waals surface area contributed by atoms with Crippen LogP contribution in [-0.2, 0) is 23.9 Å². The fourth-order valence-corrected chi connectivity index (χ4v) is 2.64. The van der Waals surface area contributed by atoms with Crippen molar-refractivity contribution in [1.82, 2.24) is 19.9 Å². The Labute approximate surface area is 153 Å².